The highest BCUT2D eigenvalue weighted by atomic mass is 32.2. The number of nitrogens with one attached hydrogen (secondary N) is 1. The molecule has 0 bridgehead atoms. The van der Waals surface area contributed by atoms with Gasteiger partial charge in [0.15, 0.2) is 0 Å². The van der Waals surface area contributed by atoms with Crippen LogP contribution in [0.25, 0.3) is 0 Å². The normalized spacial score (nSPS) is 11.6. The Kier molecular flexibility index (Phi) is 4.00. The summed E-state index contributed by atoms with van der Waals surface area (Å²) in [5.74, 6) is -1.97. The van der Waals surface area contributed by atoms with Crippen molar-refractivity contribution in [1.29, 1.82) is 0 Å². The molecule has 1 aromatic heterocycles. The molecule has 0 aliphatic heterocycles. The van der Waals surface area contributed by atoms with Crippen LogP contribution in [0.15, 0.2) is 35.5 Å². The molecule has 0 aliphatic carbocycles. The van der Waals surface area contributed by atoms with Gasteiger partial charge in [-0.1, -0.05) is 0 Å². The number of hydrogen-bond donors (Lipinski definition) is 2. The fourth-order valence-electron chi connectivity index (χ4n) is 1.54. The molecule has 0 atom stereocenters. The zero-order chi connectivity index (χ0) is 14.8. The zero-order valence-corrected chi connectivity index (χ0v) is 10.9. The Morgan fingerprint density at radius 1 is 1.25 bits per heavy atom. The summed E-state index contributed by atoms with van der Waals surface area (Å²) in [6.07, 6.45) is 2.58. The number of nitrogens with zero attached hydrogens (tertiary/aromatic N) is 2. The summed E-state index contributed by atoms with van der Waals surface area (Å²) in [5.41, 5.74) is 0.128. The second kappa shape index (κ2) is 5.55. The standard InChI is InChI=1S/C11H11F2N3O3S/c12-8-3-9(13)5-11(4-8)20(18,19)15-10-6-14-16(7-10)1-2-17/h3-7,15,17H,1-2H2. The van der Waals surface area contributed by atoms with E-state index < -0.39 is 26.6 Å². The highest BCUT2D eigenvalue weighted by Crippen LogP contribution is 2.17. The van der Waals surface area contributed by atoms with Gasteiger partial charge in [-0.2, -0.15) is 5.10 Å². The smallest absolute Gasteiger partial charge is 0.262 e. The maximum Gasteiger partial charge on any atom is 0.262 e. The first-order valence-electron chi connectivity index (χ1n) is 5.53. The largest absolute Gasteiger partial charge is 0.394 e. The molecule has 9 heteroatoms. The second-order valence-corrected chi connectivity index (χ2v) is 5.61. The molecular weight excluding hydrogens is 292 g/mol. The van der Waals surface area contributed by atoms with Crippen molar-refractivity contribution in [2.24, 2.45) is 0 Å². The summed E-state index contributed by atoms with van der Waals surface area (Å²) in [7, 11) is -4.11. The van der Waals surface area contributed by atoms with Gasteiger partial charge in [-0.3, -0.25) is 9.40 Å². The SMILES string of the molecule is O=S(=O)(Nc1cnn(CCO)c1)c1cc(F)cc(F)c1. The van der Waals surface area contributed by atoms with Gasteiger partial charge in [0.2, 0.25) is 0 Å². The number of rotatable bonds is 5. The van der Waals surface area contributed by atoms with Crippen molar-refractivity contribution in [3.05, 3.63) is 42.2 Å². The maximum absolute atomic E-state index is 13.0. The van der Waals surface area contributed by atoms with Gasteiger partial charge >= 0.3 is 0 Å². The number of aromatic nitrogens is 2. The van der Waals surface area contributed by atoms with Crippen molar-refractivity contribution in [2.75, 3.05) is 11.3 Å². The highest BCUT2D eigenvalue weighted by molar-refractivity contribution is 7.92. The molecule has 0 saturated carbocycles. The Bertz CT molecular complexity index is 695. The lowest BCUT2D eigenvalue weighted by Crippen LogP contribution is -2.13. The van der Waals surface area contributed by atoms with E-state index in [0.29, 0.717) is 18.2 Å². The topological polar surface area (TPSA) is 84.2 Å². The first-order valence-corrected chi connectivity index (χ1v) is 7.01. The van der Waals surface area contributed by atoms with Crippen LogP contribution in [0.2, 0.25) is 0 Å². The molecule has 1 heterocycles. The summed E-state index contributed by atoms with van der Waals surface area (Å²) in [5, 5.41) is 12.5. The number of halogens is 2. The van der Waals surface area contributed by atoms with Crippen LogP contribution in [0.4, 0.5) is 14.5 Å². The minimum absolute atomic E-state index is 0.128. The van der Waals surface area contributed by atoms with Crippen LogP contribution >= 0.6 is 0 Å². The molecule has 2 aromatic rings. The summed E-state index contributed by atoms with van der Waals surface area (Å²) in [6, 6.07) is 2.01. The minimum atomic E-state index is -4.11. The Balaban J connectivity index is 2.25. The molecule has 2 N–H and O–H groups in total. The van der Waals surface area contributed by atoms with Crippen LogP contribution in [0.3, 0.4) is 0 Å². The first-order chi connectivity index (χ1) is 9.40. The maximum atomic E-state index is 13.0. The first kappa shape index (κ1) is 14.4. The summed E-state index contributed by atoms with van der Waals surface area (Å²) in [4.78, 5) is -0.523. The van der Waals surface area contributed by atoms with Gasteiger partial charge in [-0.05, 0) is 12.1 Å². The molecule has 0 fully saturated rings. The summed E-state index contributed by atoms with van der Waals surface area (Å²) >= 11 is 0. The lowest BCUT2D eigenvalue weighted by atomic mass is 10.3. The van der Waals surface area contributed by atoms with E-state index in [4.69, 9.17) is 5.11 Å². The number of sulfonamides is 1. The molecule has 0 unspecified atom stereocenters. The van der Waals surface area contributed by atoms with Gasteiger partial charge in [0.05, 0.1) is 29.9 Å². The molecule has 0 amide bonds. The lowest BCUT2D eigenvalue weighted by Gasteiger charge is -2.06. The lowest BCUT2D eigenvalue weighted by molar-refractivity contribution is 0.269. The molecule has 2 rings (SSSR count). The van der Waals surface area contributed by atoms with Crippen LogP contribution in [0.5, 0.6) is 0 Å². The third kappa shape index (κ3) is 3.31. The van der Waals surface area contributed by atoms with Gasteiger partial charge in [0.1, 0.15) is 11.6 Å². The average Bonchev–Trinajstić information content (AvgIpc) is 2.75. The Labute approximate surface area is 113 Å². The van der Waals surface area contributed by atoms with Gasteiger partial charge in [0.25, 0.3) is 10.0 Å². The van der Waals surface area contributed by atoms with Crippen LogP contribution in [0, 0.1) is 11.6 Å². The number of aliphatic hydroxyl groups is 1. The van der Waals surface area contributed by atoms with Crippen molar-refractivity contribution in [1.82, 2.24) is 9.78 Å². The van der Waals surface area contributed by atoms with Gasteiger partial charge < -0.3 is 5.11 Å². The molecule has 1 aromatic carbocycles. The number of benzene rings is 1. The molecule has 6 nitrogen and oxygen atoms in total. The van der Waals surface area contributed by atoms with E-state index in [-0.39, 0.29) is 18.8 Å². The second-order valence-electron chi connectivity index (χ2n) is 3.93. The molecule has 0 radical (unpaired) electrons. The van der Waals surface area contributed by atoms with E-state index in [9.17, 15) is 17.2 Å². The predicted octanol–water partition coefficient (Wildman–Crippen LogP) is 0.954. The molecule has 0 saturated heterocycles. The van der Waals surface area contributed by atoms with Crippen LogP contribution in [0.1, 0.15) is 0 Å². The van der Waals surface area contributed by atoms with Gasteiger partial charge in [-0.15, -0.1) is 0 Å². The highest BCUT2D eigenvalue weighted by Gasteiger charge is 2.17. The monoisotopic (exact) mass is 303 g/mol. The molecule has 20 heavy (non-hydrogen) atoms. The van der Waals surface area contributed by atoms with Crippen LogP contribution in [-0.2, 0) is 16.6 Å². The Hall–Kier alpha value is -2.00. The van der Waals surface area contributed by atoms with E-state index in [1.165, 1.54) is 17.1 Å². The van der Waals surface area contributed by atoms with E-state index in [1.807, 2.05) is 0 Å². The Morgan fingerprint density at radius 2 is 1.90 bits per heavy atom. The fourth-order valence-corrected chi connectivity index (χ4v) is 2.61. The van der Waals surface area contributed by atoms with Crippen molar-refractivity contribution < 1.29 is 22.3 Å². The number of hydrogen-bond acceptors (Lipinski definition) is 4. The average molecular weight is 303 g/mol. The van der Waals surface area contributed by atoms with Gasteiger partial charge in [-0.25, -0.2) is 17.2 Å². The number of aliphatic hydroxyl groups excluding tert-OH is 1. The van der Waals surface area contributed by atoms with E-state index in [1.54, 1.807) is 0 Å². The Morgan fingerprint density at radius 3 is 2.50 bits per heavy atom. The van der Waals surface area contributed by atoms with E-state index in [0.717, 1.165) is 0 Å². The van der Waals surface area contributed by atoms with Crippen molar-refractivity contribution >= 4 is 15.7 Å². The fraction of sp³-hybridized carbons (Fsp3) is 0.182. The van der Waals surface area contributed by atoms with Gasteiger partial charge in [0, 0.05) is 12.3 Å². The summed E-state index contributed by atoms with van der Waals surface area (Å²) in [6.45, 7) is 0.0549. The predicted molar refractivity (Wildman–Crippen MR) is 66.5 cm³/mol. The van der Waals surface area contributed by atoms with Crippen molar-refractivity contribution in [2.45, 2.75) is 11.4 Å². The summed E-state index contributed by atoms with van der Waals surface area (Å²) < 4.78 is 53.4. The zero-order valence-electron chi connectivity index (χ0n) is 10.1. The number of anilines is 1. The molecular formula is C11H11F2N3O3S. The molecule has 108 valence electrons. The minimum Gasteiger partial charge on any atom is -0.394 e. The quantitative estimate of drug-likeness (QED) is 0.861. The molecule has 0 aliphatic rings. The van der Waals surface area contributed by atoms with E-state index >= 15 is 0 Å². The van der Waals surface area contributed by atoms with Crippen LogP contribution < -0.4 is 4.72 Å². The van der Waals surface area contributed by atoms with Crippen molar-refractivity contribution in [3.8, 4) is 0 Å². The third-order valence-corrected chi connectivity index (χ3v) is 3.72. The van der Waals surface area contributed by atoms with Crippen LogP contribution in [-0.4, -0.2) is 29.9 Å². The molecule has 0 spiro atoms. The van der Waals surface area contributed by atoms with E-state index in [2.05, 4.69) is 9.82 Å². The third-order valence-electron chi connectivity index (χ3n) is 2.36. The van der Waals surface area contributed by atoms with Crippen molar-refractivity contribution in [3.63, 3.8) is 0 Å².